The lowest BCUT2D eigenvalue weighted by molar-refractivity contribution is -0.133. The highest BCUT2D eigenvalue weighted by Gasteiger charge is 2.42. The highest BCUT2D eigenvalue weighted by molar-refractivity contribution is 7.13. The lowest BCUT2D eigenvalue weighted by atomic mass is 9.72. The predicted molar refractivity (Wildman–Crippen MR) is 129 cm³/mol. The number of nitrogens with zero attached hydrogens (tertiary/aromatic N) is 2. The molecule has 2 aromatic heterocycles. The van der Waals surface area contributed by atoms with Gasteiger partial charge in [0.15, 0.2) is 0 Å². The Hall–Kier alpha value is -2.99. The molecule has 1 saturated heterocycles. The van der Waals surface area contributed by atoms with Crippen molar-refractivity contribution in [3.8, 4) is 10.4 Å². The molecule has 1 aliphatic heterocycles. The van der Waals surface area contributed by atoms with Crippen LogP contribution in [0, 0.1) is 5.41 Å². The first kappa shape index (κ1) is 22.2. The van der Waals surface area contributed by atoms with Crippen LogP contribution in [0.5, 0.6) is 0 Å². The molecule has 0 atom stereocenters. The average Bonchev–Trinajstić information content (AvgIpc) is 3.38. The fraction of sp³-hybridized carbons (Fsp3) is 0.346. The highest BCUT2D eigenvalue weighted by Crippen LogP contribution is 2.39. The number of carbonyl (C=O) groups excluding carboxylic acids is 2. The summed E-state index contributed by atoms with van der Waals surface area (Å²) >= 11 is 1.71. The molecule has 0 saturated carbocycles. The van der Waals surface area contributed by atoms with Crippen LogP contribution in [-0.4, -0.2) is 41.3 Å². The largest absolute Gasteiger partial charge is 0.356 e. The normalized spacial score (nSPS) is 15.3. The second-order valence-electron chi connectivity index (χ2n) is 8.35. The van der Waals surface area contributed by atoms with Crippen molar-refractivity contribution in [1.82, 2.24) is 15.2 Å². The molecule has 1 fully saturated rings. The molecule has 166 valence electrons. The number of hydrogen-bond acceptors (Lipinski definition) is 4. The zero-order valence-electron chi connectivity index (χ0n) is 18.4. The molecule has 0 bridgehead atoms. The zero-order valence-corrected chi connectivity index (χ0v) is 19.2. The second-order valence-corrected chi connectivity index (χ2v) is 9.30. The van der Waals surface area contributed by atoms with E-state index in [2.05, 4.69) is 52.9 Å². The molecule has 4 rings (SSSR count). The van der Waals surface area contributed by atoms with Crippen molar-refractivity contribution in [2.45, 2.75) is 32.6 Å². The smallest absolute Gasteiger partial charge is 0.272 e. The van der Waals surface area contributed by atoms with E-state index in [0.717, 1.165) is 6.42 Å². The average molecular weight is 448 g/mol. The molecule has 0 aliphatic carbocycles. The number of carbonyl (C=O) groups is 2. The van der Waals surface area contributed by atoms with Gasteiger partial charge in [-0.05, 0) is 60.4 Å². The number of pyridine rings is 1. The minimum atomic E-state index is -0.524. The van der Waals surface area contributed by atoms with Crippen LogP contribution in [0.25, 0.3) is 10.4 Å². The van der Waals surface area contributed by atoms with Gasteiger partial charge in [0, 0.05) is 30.7 Å². The van der Waals surface area contributed by atoms with E-state index in [1.54, 1.807) is 29.7 Å². The summed E-state index contributed by atoms with van der Waals surface area (Å²) in [6.07, 6.45) is 4.49. The molecule has 0 radical (unpaired) electrons. The van der Waals surface area contributed by atoms with Crippen molar-refractivity contribution < 1.29 is 9.59 Å². The Morgan fingerprint density at radius 3 is 2.53 bits per heavy atom. The van der Waals surface area contributed by atoms with Gasteiger partial charge in [0.2, 0.25) is 5.91 Å². The number of benzene rings is 1. The molecule has 0 spiro atoms. The lowest BCUT2D eigenvalue weighted by Crippen LogP contribution is -2.51. The van der Waals surface area contributed by atoms with E-state index in [1.807, 2.05) is 17.0 Å². The number of amides is 2. The van der Waals surface area contributed by atoms with Crippen molar-refractivity contribution >= 4 is 23.2 Å². The number of aromatic nitrogens is 1. The predicted octanol–water partition coefficient (Wildman–Crippen LogP) is 4.80. The Kier molecular flexibility index (Phi) is 7.00. The van der Waals surface area contributed by atoms with E-state index in [0.29, 0.717) is 44.6 Å². The van der Waals surface area contributed by atoms with Crippen molar-refractivity contribution in [3.63, 3.8) is 0 Å². The lowest BCUT2D eigenvalue weighted by Gasteiger charge is -2.41. The fourth-order valence-corrected chi connectivity index (χ4v) is 5.20. The molecule has 6 heteroatoms. The molecule has 32 heavy (non-hydrogen) atoms. The van der Waals surface area contributed by atoms with Crippen molar-refractivity contribution in [1.29, 1.82) is 0 Å². The molecule has 1 aromatic carbocycles. The summed E-state index contributed by atoms with van der Waals surface area (Å²) < 4.78 is 0. The van der Waals surface area contributed by atoms with E-state index in [1.165, 1.54) is 16.0 Å². The molecular weight excluding hydrogens is 418 g/mol. The van der Waals surface area contributed by atoms with Gasteiger partial charge in [-0.1, -0.05) is 43.3 Å². The van der Waals surface area contributed by atoms with Gasteiger partial charge in [-0.2, -0.15) is 0 Å². The SMILES string of the molecule is CCCNC(=O)C1(Cc2ccccc2-c2cccs2)CCN(C(=O)c2ccccn2)CC1. The maximum absolute atomic E-state index is 13.4. The Labute approximate surface area is 193 Å². The van der Waals surface area contributed by atoms with Gasteiger partial charge in [0.25, 0.3) is 5.91 Å². The summed E-state index contributed by atoms with van der Waals surface area (Å²) in [5, 5.41) is 5.22. The quantitative estimate of drug-likeness (QED) is 0.566. The van der Waals surface area contributed by atoms with Gasteiger partial charge in [0.1, 0.15) is 5.69 Å². The summed E-state index contributed by atoms with van der Waals surface area (Å²) in [4.78, 5) is 33.5. The number of likely N-dealkylation sites (tertiary alicyclic amines) is 1. The van der Waals surface area contributed by atoms with Crippen LogP contribution in [0.2, 0.25) is 0 Å². The van der Waals surface area contributed by atoms with Crippen molar-refractivity contribution in [2.24, 2.45) is 5.41 Å². The number of hydrogen-bond donors (Lipinski definition) is 1. The van der Waals surface area contributed by atoms with Crippen LogP contribution in [0.15, 0.2) is 66.2 Å². The maximum Gasteiger partial charge on any atom is 0.272 e. The third kappa shape index (κ3) is 4.75. The van der Waals surface area contributed by atoms with E-state index in [-0.39, 0.29) is 11.8 Å². The molecule has 2 amide bonds. The molecule has 1 aliphatic rings. The Bertz CT molecular complexity index is 1040. The number of piperidine rings is 1. The van der Waals surface area contributed by atoms with Crippen LogP contribution < -0.4 is 5.32 Å². The van der Waals surface area contributed by atoms with E-state index in [9.17, 15) is 9.59 Å². The van der Waals surface area contributed by atoms with Gasteiger partial charge >= 0.3 is 0 Å². The fourth-order valence-electron chi connectivity index (χ4n) is 4.41. The molecule has 3 heterocycles. The van der Waals surface area contributed by atoms with Crippen LogP contribution in [0.1, 0.15) is 42.2 Å². The Balaban J connectivity index is 1.57. The third-order valence-electron chi connectivity index (χ3n) is 6.24. The second kappa shape index (κ2) is 10.1. The molecule has 3 aromatic rings. The number of rotatable bonds is 7. The third-order valence-corrected chi connectivity index (χ3v) is 7.14. The summed E-state index contributed by atoms with van der Waals surface area (Å²) in [6.45, 7) is 3.84. The number of thiophene rings is 1. The summed E-state index contributed by atoms with van der Waals surface area (Å²) in [5.74, 6) is 0.0393. The van der Waals surface area contributed by atoms with Crippen molar-refractivity contribution in [2.75, 3.05) is 19.6 Å². The zero-order chi connectivity index (χ0) is 22.4. The minimum absolute atomic E-state index is 0.0628. The first-order valence-electron chi connectivity index (χ1n) is 11.2. The van der Waals surface area contributed by atoms with Gasteiger partial charge < -0.3 is 10.2 Å². The summed E-state index contributed by atoms with van der Waals surface area (Å²) in [7, 11) is 0. The van der Waals surface area contributed by atoms with Crippen LogP contribution in [0.4, 0.5) is 0 Å². The molecule has 5 nitrogen and oxygen atoms in total. The Morgan fingerprint density at radius 2 is 1.84 bits per heavy atom. The minimum Gasteiger partial charge on any atom is -0.356 e. The monoisotopic (exact) mass is 447 g/mol. The van der Waals surface area contributed by atoms with Crippen LogP contribution >= 0.6 is 11.3 Å². The number of nitrogens with one attached hydrogen (secondary N) is 1. The van der Waals surface area contributed by atoms with E-state index >= 15 is 0 Å². The topological polar surface area (TPSA) is 62.3 Å². The molecule has 0 unspecified atom stereocenters. The maximum atomic E-state index is 13.4. The van der Waals surface area contributed by atoms with Gasteiger partial charge in [0.05, 0.1) is 5.41 Å². The van der Waals surface area contributed by atoms with Gasteiger partial charge in [-0.25, -0.2) is 0 Å². The van der Waals surface area contributed by atoms with Crippen LogP contribution in [-0.2, 0) is 11.2 Å². The first-order chi connectivity index (χ1) is 15.6. The Morgan fingerprint density at radius 1 is 1.06 bits per heavy atom. The van der Waals surface area contributed by atoms with Crippen LogP contribution in [0.3, 0.4) is 0 Å². The summed E-state index contributed by atoms with van der Waals surface area (Å²) in [5.41, 5.74) is 2.31. The van der Waals surface area contributed by atoms with E-state index in [4.69, 9.17) is 0 Å². The molecular formula is C26H29N3O2S. The summed E-state index contributed by atoms with van der Waals surface area (Å²) in [6, 6.07) is 17.9. The molecule has 1 N–H and O–H groups in total. The standard InChI is InChI=1S/C26H29N3O2S/c1-2-14-28-25(31)26(19-20-8-3-4-9-21(20)23-11-7-18-32-23)12-16-29(17-13-26)24(30)22-10-5-6-15-27-22/h3-11,15,18H,2,12-14,16-17,19H2,1H3,(H,28,31). The van der Waals surface area contributed by atoms with Gasteiger partial charge in [-0.15, -0.1) is 11.3 Å². The highest BCUT2D eigenvalue weighted by atomic mass is 32.1. The first-order valence-corrected chi connectivity index (χ1v) is 12.1. The van der Waals surface area contributed by atoms with Gasteiger partial charge in [-0.3, -0.25) is 14.6 Å². The van der Waals surface area contributed by atoms with Crippen molar-refractivity contribution in [3.05, 3.63) is 77.4 Å². The van der Waals surface area contributed by atoms with E-state index < -0.39 is 5.41 Å².